The average Bonchev–Trinajstić information content (AvgIpc) is 3.39. The van der Waals surface area contributed by atoms with Crippen molar-refractivity contribution < 1.29 is 9.47 Å². The summed E-state index contributed by atoms with van der Waals surface area (Å²) in [6.07, 6.45) is 14.6. The molecule has 7 heterocycles. The standard InChI is InChI=1S/C29H30N6O2/c1-5-19(2)26-14-32-35-18-24(36-3)11-25(29(26)35)21-7-8-27(30-13-21)33-16-22-10-23(17-33)34(22)15-20-6-9-28(37-4)31-12-20/h1,6-9,11-14,18-19,22-23H,10,15-17H2,2-4H3. The Morgan fingerprint density at radius 2 is 1.89 bits per heavy atom. The van der Waals surface area contributed by atoms with E-state index in [4.69, 9.17) is 20.9 Å². The van der Waals surface area contributed by atoms with Gasteiger partial charge in [-0.1, -0.05) is 12.0 Å². The van der Waals surface area contributed by atoms with Crippen LogP contribution < -0.4 is 14.4 Å². The molecule has 3 fully saturated rings. The minimum atomic E-state index is -0.0476. The van der Waals surface area contributed by atoms with Crippen LogP contribution in [0.15, 0.2) is 55.1 Å². The van der Waals surface area contributed by atoms with Gasteiger partial charge >= 0.3 is 0 Å². The summed E-state index contributed by atoms with van der Waals surface area (Å²) in [6, 6.07) is 11.4. The maximum atomic E-state index is 5.74. The number of pyridine rings is 3. The van der Waals surface area contributed by atoms with Gasteiger partial charge in [-0.15, -0.1) is 6.42 Å². The van der Waals surface area contributed by atoms with Crippen LogP contribution >= 0.6 is 0 Å². The second-order valence-corrected chi connectivity index (χ2v) is 9.81. The molecule has 188 valence electrons. The maximum Gasteiger partial charge on any atom is 0.212 e. The summed E-state index contributed by atoms with van der Waals surface area (Å²) >= 11 is 0. The van der Waals surface area contributed by atoms with Crippen LogP contribution in [0, 0.1) is 12.3 Å². The predicted molar refractivity (Wildman–Crippen MR) is 143 cm³/mol. The molecule has 2 bridgehead atoms. The first-order chi connectivity index (χ1) is 18.1. The summed E-state index contributed by atoms with van der Waals surface area (Å²) in [7, 11) is 3.31. The molecule has 0 saturated carbocycles. The molecule has 37 heavy (non-hydrogen) atoms. The van der Waals surface area contributed by atoms with E-state index in [1.165, 1.54) is 12.0 Å². The van der Waals surface area contributed by atoms with Crippen LogP contribution in [0.4, 0.5) is 5.82 Å². The van der Waals surface area contributed by atoms with E-state index in [-0.39, 0.29) is 5.92 Å². The highest BCUT2D eigenvalue weighted by Crippen LogP contribution is 2.37. The van der Waals surface area contributed by atoms with E-state index < -0.39 is 0 Å². The predicted octanol–water partition coefficient (Wildman–Crippen LogP) is 4.01. The Morgan fingerprint density at radius 1 is 1.05 bits per heavy atom. The Balaban J connectivity index is 1.21. The summed E-state index contributed by atoms with van der Waals surface area (Å²) in [4.78, 5) is 14.2. The molecular weight excluding hydrogens is 464 g/mol. The lowest BCUT2D eigenvalue weighted by molar-refractivity contribution is -0.00876. The maximum absolute atomic E-state index is 5.74. The molecule has 3 aliphatic rings. The van der Waals surface area contributed by atoms with Gasteiger partial charge in [0.1, 0.15) is 11.6 Å². The van der Waals surface area contributed by atoms with Crippen LogP contribution in [0.5, 0.6) is 11.6 Å². The molecule has 0 N–H and O–H groups in total. The minimum absolute atomic E-state index is 0.0476. The van der Waals surface area contributed by atoms with Gasteiger partial charge < -0.3 is 14.4 Å². The van der Waals surface area contributed by atoms with Crippen molar-refractivity contribution in [1.82, 2.24) is 24.5 Å². The molecule has 8 nitrogen and oxygen atoms in total. The fourth-order valence-corrected chi connectivity index (χ4v) is 5.56. The molecule has 4 aromatic rings. The molecule has 3 atom stereocenters. The summed E-state index contributed by atoms with van der Waals surface area (Å²) in [5, 5.41) is 4.53. The van der Waals surface area contributed by atoms with Crippen molar-refractivity contribution in [3.05, 3.63) is 66.2 Å². The first kappa shape index (κ1) is 23.3. The second-order valence-electron chi connectivity index (χ2n) is 9.81. The van der Waals surface area contributed by atoms with Crippen molar-refractivity contribution in [3.63, 3.8) is 0 Å². The van der Waals surface area contributed by atoms with Gasteiger partial charge in [0.05, 0.1) is 32.1 Å². The quantitative estimate of drug-likeness (QED) is 0.360. The lowest BCUT2D eigenvalue weighted by atomic mass is 9.87. The molecule has 4 aromatic heterocycles. The molecule has 3 unspecified atom stereocenters. The molecule has 3 aliphatic heterocycles. The number of terminal acetylenes is 1. The smallest absolute Gasteiger partial charge is 0.212 e. The number of anilines is 1. The number of hydrogen-bond donors (Lipinski definition) is 0. The van der Waals surface area contributed by atoms with Crippen LogP contribution in [0.3, 0.4) is 0 Å². The van der Waals surface area contributed by atoms with Gasteiger partial charge in [-0.25, -0.2) is 14.5 Å². The molecule has 0 aliphatic carbocycles. The highest BCUT2D eigenvalue weighted by molar-refractivity contribution is 5.84. The lowest BCUT2D eigenvalue weighted by Gasteiger charge is -2.56. The number of aromatic nitrogens is 4. The molecule has 7 rings (SSSR count). The van der Waals surface area contributed by atoms with Crippen molar-refractivity contribution in [3.8, 4) is 35.1 Å². The summed E-state index contributed by atoms with van der Waals surface area (Å²) < 4.78 is 12.6. The van der Waals surface area contributed by atoms with Crippen LogP contribution in [0.1, 0.15) is 30.4 Å². The van der Waals surface area contributed by atoms with Crippen molar-refractivity contribution in [1.29, 1.82) is 0 Å². The van der Waals surface area contributed by atoms with Gasteiger partial charge in [0.25, 0.3) is 0 Å². The van der Waals surface area contributed by atoms with Crippen LogP contribution in [0.25, 0.3) is 16.6 Å². The van der Waals surface area contributed by atoms with Crippen LogP contribution in [-0.2, 0) is 6.54 Å². The van der Waals surface area contributed by atoms with Gasteiger partial charge in [-0.2, -0.15) is 5.10 Å². The van der Waals surface area contributed by atoms with Crippen LogP contribution in [-0.4, -0.2) is 63.9 Å². The Morgan fingerprint density at radius 3 is 2.54 bits per heavy atom. The van der Waals surface area contributed by atoms with Crippen LogP contribution in [0.2, 0.25) is 0 Å². The number of nitrogens with zero attached hydrogens (tertiary/aromatic N) is 6. The van der Waals surface area contributed by atoms with E-state index in [0.29, 0.717) is 18.0 Å². The van der Waals surface area contributed by atoms with E-state index in [1.54, 1.807) is 14.2 Å². The number of piperazine rings is 1. The van der Waals surface area contributed by atoms with Gasteiger partial charge in [-0.05, 0) is 37.1 Å². The van der Waals surface area contributed by atoms with E-state index in [0.717, 1.165) is 53.4 Å². The highest BCUT2D eigenvalue weighted by atomic mass is 16.5. The molecule has 0 aromatic carbocycles. The first-order valence-electron chi connectivity index (χ1n) is 12.6. The third-order valence-electron chi connectivity index (χ3n) is 7.67. The van der Waals surface area contributed by atoms with E-state index in [2.05, 4.69) is 44.0 Å². The molecule has 8 heteroatoms. The van der Waals surface area contributed by atoms with Crippen molar-refractivity contribution in [2.45, 2.75) is 37.9 Å². The number of methoxy groups -OCH3 is 2. The van der Waals surface area contributed by atoms with Gasteiger partial charge in [0.15, 0.2) is 0 Å². The average molecular weight is 495 g/mol. The molecule has 0 spiro atoms. The largest absolute Gasteiger partial charge is 0.495 e. The van der Waals surface area contributed by atoms with Gasteiger partial charge in [-0.3, -0.25) is 4.90 Å². The Bertz CT molecular complexity index is 1450. The number of hydrogen-bond acceptors (Lipinski definition) is 7. The zero-order chi connectivity index (χ0) is 25.5. The Hall–Kier alpha value is -4.09. The second kappa shape index (κ2) is 9.41. The van der Waals surface area contributed by atoms with Crippen molar-refractivity contribution >= 4 is 11.3 Å². The van der Waals surface area contributed by atoms with Gasteiger partial charge in [0, 0.05) is 72.8 Å². The molecule has 0 amide bonds. The van der Waals surface area contributed by atoms with Gasteiger partial charge in [0.2, 0.25) is 5.88 Å². The molecule has 3 saturated heterocycles. The van der Waals surface area contributed by atoms with Crippen molar-refractivity contribution in [2.75, 3.05) is 32.2 Å². The summed E-state index contributed by atoms with van der Waals surface area (Å²) in [5.41, 5.74) is 5.24. The number of ether oxygens (including phenoxy) is 2. The van der Waals surface area contributed by atoms with E-state index in [1.807, 2.05) is 48.4 Å². The lowest BCUT2D eigenvalue weighted by Crippen LogP contribution is -2.68. The highest BCUT2D eigenvalue weighted by Gasteiger charge is 2.44. The normalized spacial score (nSPS) is 19.8. The van der Waals surface area contributed by atoms with E-state index in [9.17, 15) is 0 Å². The monoisotopic (exact) mass is 494 g/mol. The zero-order valence-corrected chi connectivity index (χ0v) is 21.3. The summed E-state index contributed by atoms with van der Waals surface area (Å²) in [6.45, 7) is 4.88. The van der Waals surface area contributed by atoms with Crippen molar-refractivity contribution in [2.24, 2.45) is 0 Å². The molecule has 0 radical (unpaired) electrons. The fraction of sp³-hybridized carbons (Fsp3) is 0.345. The van der Waals surface area contributed by atoms with E-state index >= 15 is 0 Å². The zero-order valence-electron chi connectivity index (χ0n) is 21.3. The fourth-order valence-electron chi connectivity index (χ4n) is 5.56. The number of rotatable bonds is 7. The number of piperidine rings is 1. The topological polar surface area (TPSA) is 68.0 Å². The third-order valence-corrected chi connectivity index (χ3v) is 7.67. The number of fused-ring (bicyclic) bond motifs is 3. The SMILES string of the molecule is C#CC(C)c1cnn2cc(OC)cc(-c3ccc(N4CC5CC(C4)N5Cc4ccc(OC)nc4)nc3)c12. The molecular formula is C29H30N6O2. The Kier molecular flexibility index (Phi) is 5.93. The first-order valence-corrected chi connectivity index (χ1v) is 12.6. The minimum Gasteiger partial charge on any atom is -0.495 e. The Labute approximate surface area is 216 Å². The third kappa shape index (κ3) is 4.15. The summed E-state index contributed by atoms with van der Waals surface area (Å²) in [5.74, 6) is 5.18.